The molecule has 1 N–H and O–H groups in total. The smallest absolute Gasteiger partial charge is 0.0406 e. The highest BCUT2D eigenvalue weighted by Gasteiger charge is 2.19. The molecule has 0 saturated carbocycles. The Labute approximate surface area is 117 Å². The molecule has 18 heavy (non-hydrogen) atoms. The summed E-state index contributed by atoms with van der Waals surface area (Å²) < 4.78 is 0. The minimum absolute atomic E-state index is 0.435. The van der Waals surface area contributed by atoms with Crippen LogP contribution < -0.4 is 5.32 Å². The molecule has 2 unspecified atom stereocenters. The zero-order valence-electron chi connectivity index (χ0n) is 12.0. The van der Waals surface area contributed by atoms with Crippen molar-refractivity contribution < 1.29 is 0 Å². The summed E-state index contributed by atoms with van der Waals surface area (Å²) in [5.74, 6) is 1.37. The summed E-state index contributed by atoms with van der Waals surface area (Å²) in [5, 5.41) is 4.48. The van der Waals surface area contributed by atoms with Crippen molar-refractivity contribution >= 4 is 11.6 Å². The molecular weight excluding hydrogens is 242 g/mol. The molecule has 2 heteroatoms. The fourth-order valence-corrected chi connectivity index (χ4v) is 2.62. The van der Waals surface area contributed by atoms with Gasteiger partial charge in [-0.25, -0.2) is 0 Å². The van der Waals surface area contributed by atoms with E-state index in [2.05, 4.69) is 45.1 Å². The molecule has 1 aromatic carbocycles. The normalized spacial score (nSPS) is 14.8. The summed E-state index contributed by atoms with van der Waals surface area (Å²) in [6.07, 6.45) is 2.41. The van der Waals surface area contributed by atoms with Gasteiger partial charge >= 0.3 is 0 Å². The second-order valence-electron chi connectivity index (χ2n) is 5.59. The Morgan fingerprint density at radius 3 is 2.22 bits per heavy atom. The Morgan fingerprint density at radius 1 is 1.11 bits per heavy atom. The summed E-state index contributed by atoms with van der Waals surface area (Å²) >= 11 is 5.96. The van der Waals surface area contributed by atoms with E-state index in [-0.39, 0.29) is 0 Å². The Hall–Kier alpha value is -0.530. The van der Waals surface area contributed by atoms with Gasteiger partial charge in [-0.05, 0) is 48.9 Å². The van der Waals surface area contributed by atoms with E-state index in [9.17, 15) is 0 Å². The maximum absolute atomic E-state index is 5.96. The van der Waals surface area contributed by atoms with E-state index < -0.39 is 0 Å². The average molecular weight is 268 g/mol. The highest BCUT2D eigenvalue weighted by Crippen LogP contribution is 2.28. The quantitative estimate of drug-likeness (QED) is 0.728. The van der Waals surface area contributed by atoms with Gasteiger partial charge in [0, 0.05) is 11.1 Å². The number of benzene rings is 1. The summed E-state index contributed by atoms with van der Waals surface area (Å²) in [4.78, 5) is 0. The molecule has 1 aromatic rings. The van der Waals surface area contributed by atoms with Crippen molar-refractivity contribution in [3.05, 3.63) is 34.9 Å². The maximum Gasteiger partial charge on any atom is 0.0406 e. The Morgan fingerprint density at radius 2 is 1.72 bits per heavy atom. The van der Waals surface area contributed by atoms with Crippen LogP contribution in [0.15, 0.2) is 24.3 Å². The Kier molecular flexibility index (Phi) is 6.73. The van der Waals surface area contributed by atoms with Crippen LogP contribution in [0.25, 0.3) is 0 Å². The lowest BCUT2D eigenvalue weighted by molar-refractivity contribution is 0.329. The van der Waals surface area contributed by atoms with Crippen LogP contribution in [0.4, 0.5) is 0 Å². The van der Waals surface area contributed by atoms with Crippen LogP contribution in [0.3, 0.4) is 0 Å². The molecule has 0 saturated heterocycles. The van der Waals surface area contributed by atoms with Crippen LogP contribution in [0.2, 0.25) is 5.02 Å². The van der Waals surface area contributed by atoms with Crippen LogP contribution >= 0.6 is 11.6 Å². The van der Waals surface area contributed by atoms with Gasteiger partial charge in [0.2, 0.25) is 0 Å². The fraction of sp³-hybridized carbons (Fsp3) is 0.625. The van der Waals surface area contributed by atoms with Crippen LogP contribution in [0.1, 0.15) is 52.1 Å². The fourth-order valence-electron chi connectivity index (χ4n) is 2.50. The van der Waals surface area contributed by atoms with Crippen molar-refractivity contribution in [2.24, 2.45) is 11.8 Å². The van der Waals surface area contributed by atoms with Gasteiger partial charge in [0.05, 0.1) is 0 Å². The third kappa shape index (κ3) is 4.99. The molecule has 0 aromatic heterocycles. The van der Waals surface area contributed by atoms with Crippen molar-refractivity contribution in [1.82, 2.24) is 5.32 Å². The summed E-state index contributed by atoms with van der Waals surface area (Å²) in [7, 11) is 0. The SMILES string of the molecule is CCCNC(c1ccc(Cl)cc1)C(C)CC(C)C. The van der Waals surface area contributed by atoms with Crippen molar-refractivity contribution in [3.63, 3.8) is 0 Å². The number of halogens is 1. The molecular formula is C16H26ClN. The molecule has 1 rings (SSSR count). The van der Waals surface area contributed by atoms with E-state index in [1.54, 1.807) is 0 Å². The Bertz CT molecular complexity index is 331. The molecule has 102 valence electrons. The number of hydrogen-bond donors (Lipinski definition) is 1. The van der Waals surface area contributed by atoms with Crippen LogP contribution in [-0.2, 0) is 0 Å². The zero-order valence-corrected chi connectivity index (χ0v) is 12.8. The second-order valence-corrected chi connectivity index (χ2v) is 6.03. The molecule has 0 spiro atoms. The molecule has 1 nitrogen and oxygen atoms in total. The molecule has 0 aliphatic carbocycles. The first-order chi connectivity index (χ1) is 8.54. The first kappa shape index (κ1) is 15.5. The summed E-state index contributed by atoms with van der Waals surface area (Å²) in [5.41, 5.74) is 1.35. The topological polar surface area (TPSA) is 12.0 Å². The monoisotopic (exact) mass is 267 g/mol. The first-order valence-electron chi connectivity index (χ1n) is 7.03. The van der Waals surface area contributed by atoms with E-state index in [0.29, 0.717) is 12.0 Å². The standard InChI is InChI=1S/C16H26ClN/c1-5-10-18-16(13(4)11-12(2)3)14-6-8-15(17)9-7-14/h6-9,12-13,16,18H,5,10-11H2,1-4H3. The van der Waals surface area contributed by atoms with Crippen molar-refractivity contribution in [3.8, 4) is 0 Å². The number of rotatable bonds is 7. The third-order valence-electron chi connectivity index (χ3n) is 3.26. The molecule has 0 bridgehead atoms. The van der Waals surface area contributed by atoms with E-state index in [4.69, 9.17) is 11.6 Å². The van der Waals surface area contributed by atoms with Gasteiger partial charge in [0.1, 0.15) is 0 Å². The maximum atomic E-state index is 5.96. The van der Waals surface area contributed by atoms with Crippen molar-refractivity contribution in [1.29, 1.82) is 0 Å². The van der Waals surface area contributed by atoms with Crippen LogP contribution in [0, 0.1) is 11.8 Å². The van der Waals surface area contributed by atoms with Crippen molar-refractivity contribution in [2.75, 3.05) is 6.54 Å². The van der Waals surface area contributed by atoms with Gasteiger partial charge in [-0.15, -0.1) is 0 Å². The minimum Gasteiger partial charge on any atom is -0.310 e. The molecule has 0 aliphatic rings. The number of nitrogens with one attached hydrogen (secondary N) is 1. The van der Waals surface area contributed by atoms with E-state index in [0.717, 1.165) is 17.5 Å². The van der Waals surface area contributed by atoms with Gasteiger partial charge in [-0.3, -0.25) is 0 Å². The average Bonchev–Trinajstić information content (AvgIpc) is 2.31. The van der Waals surface area contributed by atoms with Gasteiger partial charge in [0.25, 0.3) is 0 Å². The predicted octanol–water partition coefficient (Wildman–Crippen LogP) is 5.06. The van der Waals surface area contributed by atoms with Crippen molar-refractivity contribution in [2.45, 2.75) is 46.6 Å². The minimum atomic E-state index is 0.435. The molecule has 0 fully saturated rings. The van der Waals surface area contributed by atoms with Gasteiger partial charge in [-0.2, -0.15) is 0 Å². The predicted molar refractivity (Wildman–Crippen MR) is 81.1 cm³/mol. The van der Waals surface area contributed by atoms with E-state index >= 15 is 0 Å². The lowest BCUT2D eigenvalue weighted by atomic mass is 9.88. The number of hydrogen-bond acceptors (Lipinski definition) is 1. The molecule has 0 radical (unpaired) electrons. The Balaban J connectivity index is 2.79. The van der Waals surface area contributed by atoms with Gasteiger partial charge in [-0.1, -0.05) is 51.4 Å². The van der Waals surface area contributed by atoms with Gasteiger partial charge in [0.15, 0.2) is 0 Å². The highest BCUT2D eigenvalue weighted by molar-refractivity contribution is 6.30. The largest absolute Gasteiger partial charge is 0.310 e. The second kappa shape index (κ2) is 7.81. The van der Waals surface area contributed by atoms with Crippen LogP contribution in [0.5, 0.6) is 0 Å². The van der Waals surface area contributed by atoms with Gasteiger partial charge < -0.3 is 5.32 Å². The lowest BCUT2D eigenvalue weighted by Gasteiger charge is -2.27. The first-order valence-corrected chi connectivity index (χ1v) is 7.41. The highest BCUT2D eigenvalue weighted by atomic mass is 35.5. The summed E-state index contributed by atoms with van der Waals surface area (Å²) in [6.45, 7) is 10.2. The molecule has 0 aliphatic heterocycles. The molecule has 0 heterocycles. The third-order valence-corrected chi connectivity index (χ3v) is 3.51. The zero-order chi connectivity index (χ0) is 13.5. The van der Waals surface area contributed by atoms with E-state index in [1.807, 2.05) is 12.1 Å². The van der Waals surface area contributed by atoms with E-state index in [1.165, 1.54) is 18.4 Å². The van der Waals surface area contributed by atoms with Crippen LogP contribution in [-0.4, -0.2) is 6.54 Å². The molecule has 0 amide bonds. The molecule has 2 atom stereocenters. The summed E-state index contributed by atoms with van der Waals surface area (Å²) in [6, 6.07) is 8.70. The lowest BCUT2D eigenvalue weighted by Crippen LogP contribution is -2.28.